The summed E-state index contributed by atoms with van der Waals surface area (Å²) in [5.41, 5.74) is 2.70. The lowest BCUT2D eigenvalue weighted by Gasteiger charge is -2.01. The highest BCUT2D eigenvalue weighted by Crippen LogP contribution is 2.21. The minimum absolute atomic E-state index is 0.124. The predicted octanol–water partition coefficient (Wildman–Crippen LogP) is 4.14. The summed E-state index contributed by atoms with van der Waals surface area (Å²) in [4.78, 5) is 19.3. The lowest BCUT2D eigenvalue weighted by molar-refractivity contribution is -0.116. The van der Waals surface area contributed by atoms with Gasteiger partial charge in [0, 0.05) is 18.4 Å². The highest BCUT2D eigenvalue weighted by Gasteiger charge is 2.04. The summed E-state index contributed by atoms with van der Waals surface area (Å²) >= 11 is 1.52. The van der Waals surface area contributed by atoms with Crippen molar-refractivity contribution in [2.24, 2.45) is 0 Å². The standard InChI is InChI=1S/C20H18FN3OS/c21-17-9-7-16(8-10-17)18-14-23-20(24-18)26-13-12-22-19(25)11-6-15-4-2-1-3-5-15/h1-11,14H,12-13H2,(H,22,25)(H,23,24)/b11-6+. The van der Waals surface area contributed by atoms with Crippen molar-refractivity contribution in [1.82, 2.24) is 15.3 Å². The van der Waals surface area contributed by atoms with E-state index < -0.39 is 0 Å². The van der Waals surface area contributed by atoms with Crippen molar-refractivity contribution in [3.8, 4) is 11.3 Å². The molecular weight excluding hydrogens is 349 g/mol. The van der Waals surface area contributed by atoms with Crippen molar-refractivity contribution in [3.63, 3.8) is 0 Å². The number of halogens is 1. The molecule has 0 atom stereocenters. The van der Waals surface area contributed by atoms with Gasteiger partial charge in [0.1, 0.15) is 5.82 Å². The molecule has 2 N–H and O–H groups in total. The maximum atomic E-state index is 13.0. The molecule has 2 aromatic carbocycles. The van der Waals surface area contributed by atoms with E-state index in [-0.39, 0.29) is 11.7 Å². The van der Waals surface area contributed by atoms with Crippen molar-refractivity contribution >= 4 is 23.7 Å². The molecule has 0 unspecified atom stereocenters. The van der Waals surface area contributed by atoms with E-state index in [0.717, 1.165) is 22.0 Å². The lowest BCUT2D eigenvalue weighted by atomic mass is 10.2. The number of benzene rings is 2. The van der Waals surface area contributed by atoms with Gasteiger partial charge >= 0.3 is 0 Å². The van der Waals surface area contributed by atoms with Crippen LogP contribution in [0.25, 0.3) is 17.3 Å². The van der Waals surface area contributed by atoms with Gasteiger partial charge in [0.2, 0.25) is 5.91 Å². The van der Waals surface area contributed by atoms with E-state index in [1.165, 1.54) is 30.0 Å². The Morgan fingerprint density at radius 3 is 2.69 bits per heavy atom. The van der Waals surface area contributed by atoms with E-state index in [1.54, 1.807) is 24.4 Å². The average molecular weight is 367 g/mol. The molecule has 0 bridgehead atoms. The largest absolute Gasteiger partial charge is 0.352 e. The quantitative estimate of drug-likeness (QED) is 0.375. The summed E-state index contributed by atoms with van der Waals surface area (Å²) in [7, 11) is 0. The first-order chi connectivity index (χ1) is 12.7. The van der Waals surface area contributed by atoms with Crippen LogP contribution < -0.4 is 5.32 Å². The molecule has 0 aliphatic rings. The Morgan fingerprint density at radius 1 is 1.15 bits per heavy atom. The summed E-state index contributed by atoms with van der Waals surface area (Å²) in [6.07, 6.45) is 5.03. The second kappa shape index (κ2) is 9.01. The van der Waals surface area contributed by atoms with Gasteiger partial charge in [0.15, 0.2) is 5.16 Å². The highest BCUT2D eigenvalue weighted by molar-refractivity contribution is 7.99. The van der Waals surface area contributed by atoms with E-state index in [1.807, 2.05) is 30.3 Å². The fourth-order valence-corrected chi connectivity index (χ4v) is 2.98. The monoisotopic (exact) mass is 367 g/mol. The minimum atomic E-state index is -0.264. The van der Waals surface area contributed by atoms with Crippen molar-refractivity contribution in [2.75, 3.05) is 12.3 Å². The van der Waals surface area contributed by atoms with Crippen LogP contribution >= 0.6 is 11.8 Å². The molecule has 3 aromatic rings. The molecule has 0 aliphatic heterocycles. The molecule has 0 saturated heterocycles. The molecule has 6 heteroatoms. The number of hydrogen-bond donors (Lipinski definition) is 2. The molecule has 132 valence electrons. The smallest absolute Gasteiger partial charge is 0.244 e. The first-order valence-corrected chi connectivity index (χ1v) is 9.14. The topological polar surface area (TPSA) is 57.8 Å². The van der Waals surface area contributed by atoms with Crippen LogP contribution in [0, 0.1) is 5.82 Å². The number of H-pyrrole nitrogens is 1. The van der Waals surface area contributed by atoms with Gasteiger partial charge in [-0.15, -0.1) is 0 Å². The zero-order valence-corrected chi connectivity index (χ0v) is 14.8. The summed E-state index contributed by atoms with van der Waals surface area (Å²) in [5, 5.41) is 3.60. The summed E-state index contributed by atoms with van der Waals surface area (Å²) < 4.78 is 13.0. The molecular formula is C20H18FN3OS. The minimum Gasteiger partial charge on any atom is -0.352 e. The fraction of sp³-hybridized carbons (Fsp3) is 0.100. The van der Waals surface area contributed by atoms with Crippen LogP contribution in [0.2, 0.25) is 0 Å². The molecule has 1 aromatic heterocycles. The molecule has 4 nitrogen and oxygen atoms in total. The number of aromatic amines is 1. The van der Waals surface area contributed by atoms with E-state index in [0.29, 0.717) is 12.3 Å². The second-order valence-electron chi connectivity index (χ2n) is 5.49. The van der Waals surface area contributed by atoms with Crippen molar-refractivity contribution in [3.05, 3.63) is 78.3 Å². The van der Waals surface area contributed by atoms with Crippen molar-refractivity contribution in [1.29, 1.82) is 0 Å². The van der Waals surface area contributed by atoms with Crippen LogP contribution in [0.3, 0.4) is 0 Å². The number of carbonyl (C=O) groups excluding carboxylic acids is 1. The van der Waals surface area contributed by atoms with Crippen molar-refractivity contribution in [2.45, 2.75) is 5.16 Å². The van der Waals surface area contributed by atoms with Crippen LogP contribution in [0.5, 0.6) is 0 Å². The fourth-order valence-electron chi connectivity index (χ4n) is 2.27. The Labute approximate surface area is 155 Å². The van der Waals surface area contributed by atoms with E-state index >= 15 is 0 Å². The summed E-state index contributed by atoms with van der Waals surface area (Å²) in [6.45, 7) is 0.537. The number of hydrogen-bond acceptors (Lipinski definition) is 3. The third-order valence-electron chi connectivity index (χ3n) is 3.57. The van der Waals surface area contributed by atoms with Gasteiger partial charge < -0.3 is 10.3 Å². The lowest BCUT2D eigenvalue weighted by Crippen LogP contribution is -2.23. The maximum absolute atomic E-state index is 13.0. The van der Waals surface area contributed by atoms with Gasteiger partial charge in [0.25, 0.3) is 0 Å². The van der Waals surface area contributed by atoms with Crippen LogP contribution in [-0.4, -0.2) is 28.2 Å². The first kappa shape index (κ1) is 17.9. The Kier molecular flexibility index (Phi) is 6.22. The second-order valence-corrected chi connectivity index (χ2v) is 6.58. The molecule has 3 rings (SSSR count). The Balaban J connectivity index is 1.42. The Hall–Kier alpha value is -2.86. The van der Waals surface area contributed by atoms with E-state index in [2.05, 4.69) is 15.3 Å². The SMILES string of the molecule is O=C(/C=C/c1ccccc1)NCCSc1ncc(-c2ccc(F)cc2)[nH]1. The van der Waals surface area contributed by atoms with Gasteiger partial charge in [-0.1, -0.05) is 42.1 Å². The average Bonchev–Trinajstić information content (AvgIpc) is 3.14. The van der Waals surface area contributed by atoms with Crippen molar-refractivity contribution < 1.29 is 9.18 Å². The van der Waals surface area contributed by atoms with E-state index in [9.17, 15) is 9.18 Å². The van der Waals surface area contributed by atoms with Crippen LogP contribution in [0.1, 0.15) is 5.56 Å². The van der Waals surface area contributed by atoms with Gasteiger partial charge in [-0.25, -0.2) is 9.37 Å². The molecule has 0 saturated carbocycles. The third kappa shape index (κ3) is 5.32. The normalized spacial score (nSPS) is 11.0. The zero-order valence-electron chi connectivity index (χ0n) is 14.0. The number of imidazole rings is 1. The molecule has 1 heterocycles. The Morgan fingerprint density at radius 2 is 1.92 bits per heavy atom. The van der Waals surface area contributed by atoms with E-state index in [4.69, 9.17) is 0 Å². The van der Waals surface area contributed by atoms with Crippen LogP contribution in [0.4, 0.5) is 4.39 Å². The number of carbonyl (C=O) groups is 1. The predicted molar refractivity (Wildman–Crippen MR) is 103 cm³/mol. The molecule has 26 heavy (non-hydrogen) atoms. The number of nitrogens with one attached hydrogen (secondary N) is 2. The number of nitrogens with zero attached hydrogens (tertiary/aromatic N) is 1. The number of thioether (sulfide) groups is 1. The third-order valence-corrected chi connectivity index (χ3v) is 4.46. The highest BCUT2D eigenvalue weighted by atomic mass is 32.2. The molecule has 0 fully saturated rings. The number of aromatic nitrogens is 2. The summed E-state index contributed by atoms with van der Waals surface area (Å²) in [6, 6.07) is 15.9. The zero-order chi connectivity index (χ0) is 18.2. The molecule has 0 radical (unpaired) electrons. The van der Waals surface area contributed by atoms with Gasteiger partial charge in [0.05, 0.1) is 11.9 Å². The van der Waals surface area contributed by atoms with Crippen LogP contribution in [-0.2, 0) is 4.79 Å². The molecule has 0 spiro atoms. The molecule has 0 aliphatic carbocycles. The molecule has 1 amide bonds. The summed E-state index contributed by atoms with van der Waals surface area (Å²) in [5.74, 6) is 0.308. The maximum Gasteiger partial charge on any atom is 0.244 e. The Bertz CT molecular complexity index is 876. The number of amides is 1. The van der Waals surface area contributed by atoms with Gasteiger partial charge in [-0.05, 0) is 41.5 Å². The van der Waals surface area contributed by atoms with Gasteiger partial charge in [-0.2, -0.15) is 0 Å². The first-order valence-electron chi connectivity index (χ1n) is 8.15. The van der Waals surface area contributed by atoms with Crippen LogP contribution in [0.15, 0.2) is 72.0 Å². The van der Waals surface area contributed by atoms with Gasteiger partial charge in [-0.3, -0.25) is 4.79 Å². The number of rotatable bonds is 7.